The highest BCUT2D eigenvalue weighted by molar-refractivity contribution is 6.30. The van der Waals surface area contributed by atoms with E-state index in [0.717, 1.165) is 19.3 Å². The number of nitrogens with one attached hydrogen (secondary N) is 1. The smallest absolute Gasteiger partial charge is 0.429 e. The molecule has 1 aromatic heterocycles. The number of piperidine rings is 1. The van der Waals surface area contributed by atoms with E-state index in [1.165, 1.54) is 24.3 Å². The first-order valence-electron chi connectivity index (χ1n) is 13.9. The third-order valence-corrected chi connectivity index (χ3v) is 8.10. The highest BCUT2D eigenvalue weighted by Crippen LogP contribution is 2.43. The third kappa shape index (κ3) is 6.73. The zero-order valence-electron chi connectivity index (χ0n) is 23.2. The first-order chi connectivity index (χ1) is 20.1. The topological polar surface area (TPSA) is 103 Å². The van der Waals surface area contributed by atoms with Crippen LogP contribution < -0.4 is 20.7 Å². The van der Waals surface area contributed by atoms with Gasteiger partial charge in [0.1, 0.15) is 11.9 Å². The predicted molar refractivity (Wildman–Crippen MR) is 154 cm³/mol. The molecule has 3 heterocycles. The minimum Gasteiger partial charge on any atom is -0.465 e. The summed E-state index contributed by atoms with van der Waals surface area (Å²) in [6.45, 7) is 4.23. The summed E-state index contributed by atoms with van der Waals surface area (Å²) >= 11 is 6.17. The summed E-state index contributed by atoms with van der Waals surface area (Å²) in [5.74, 6) is -0.311. The Bertz CT molecular complexity index is 1400. The molecule has 0 radical (unpaired) electrons. The van der Waals surface area contributed by atoms with Crippen LogP contribution in [-0.4, -0.2) is 54.4 Å². The van der Waals surface area contributed by atoms with Gasteiger partial charge in [-0.15, -0.1) is 0 Å². The van der Waals surface area contributed by atoms with Crippen LogP contribution in [0.3, 0.4) is 0 Å². The largest absolute Gasteiger partial charge is 0.465 e. The Hall–Kier alpha value is -3.57. The quantitative estimate of drug-likeness (QED) is 0.304. The Morgan fingerprint density at radius 1 is 1.17 bits per heavy atom. The van der Waals surface area contributed by atoms with Gasteiger partial charge < -0.3 is 25.4 Å². The van der Waals surface area contributed by atoms with E-state index in [4.69, 9.17) is 26.8 Å². The van der Waals surface area contributed by atoms with Gasteiger partial charge in [-0.05, 0) is 54.4 Å². The van der Waals surface area contributed by atoms with Crippen LogP contribution in [0.2, 0.25) is 5.02 Å². The maximum absolute atomic E-state index is 14.5. The summed E-state index contributed by atoms with van der Waals surface area (Å²) in [7, 11) is 0. The minimum absolute atomic E-state index is 0.0614. The molecular weight excluding hydrogens is 571 g/mol. The van der Waals surface area contributed by atoms with Gasteiger partial charge >= 0.3 is 12.1 Å². The van der Waals surface area contributed by atoms with Crippen LogP contribution in [0, 0.1) is 5.41 Å². The van der Waals surface area contributed by atoms with Crippen molar-refractivity contribution in [3.8, 4) is 17.0 Å². The second-order valence-electron chi connectivity index (χ2n) is 10.9. The number of halogens is 4. The Kier molecular flexibility index (Phi) is 8.79. The lowest BCUT2D eigenvalue weighted by Gasteiger charge is -2.39. The molecule has 42 heavy (non-hydrogen) atoms. The Morgan fingerprint density at radius 2 is 1.90 bits per heavy atom. The van der Waals surface area contributed by atoms with E-state index in [-0.39, 0.29) is 34.8 Å². The fourth-order valence-electron chi connectivity index (χ4n) is 5.68. The summed E-state index contributed by atoms with van der Waals surface area (Å²) in [6.07, 6.45) is -4.10. The maximum atomic E-state index is 14.5. The van der Waals surface area contributed by atoms with Crippen LogP contribution in [0.1, 0.15) is 44.3 Å². The number of nitrogen functional groups attached to an aromatic ring is 1. The van der Waals surface area contributed by atoms with Crippen molar-refractivity contribution in [2.24, 2.45) is 5.41 Å². The number of nitrogens with zero attached hydrogens (tertiary/aromatic N) is 3. The lowest BCUT2D eigenvalue weighted by molar-refractivity contribution is -0.198. The predicted octanol–water partition coefficient (Wildman–Crippen LogP) is 5.96. The average Bonchev–Trinajstić information content (AvgIpc) is 3.38. The number of carbonyl (C=O) groups excluding carboxylic acids is 1. The lowest BCUT2D eigenvalue weighted by atomic mass is 9.76. The SMILES string of the molecule is CCCOC(=O)[C@@H]1CC2(CCN(c3cc(O[C@H](c4ccc(Cl)cc4-c4ccccc4)C(F)(F)F)nc(N)n3)CC2)CN1. The van der Waals surface area contributed by atoms with E-state index in [9.17, 15) is 18.0 Å². The van der Waals surface area contributed by atoms with E-state index >= 15 is 0 Å². The van der Waals surface area contributed by atoms with Gasteiger partial charge in [-0.3, -0.25) is 4.79 Å². The molecule has 2 aliphatic rings. The molecule has 2 aliphatic heterocycles. The molecule has 224 valence electrons. The fourth-order valence-corrected chi connectivity index (χ4v) is 5.85. The zero-order chi connectivity index (χ0) is 29.9. The highest BCUT2D eigenvalue weighted by Gasteiger charge is 2.46. The minimum atomic E-state index is -4.76. The molecule has 0 aliphatic carbocycles. The van der Waals surface area contributed by atoms with Gasteiger partial charge in [0.25, 0.3) is 0 Å². The van der Waals surface area contributed by atoms with Crippen molar-refractivity contribution in [1.82, 2.24) is 15.3 Å². The van der Waals surface area contributed by atoms with Gasteiger partial charge in [0.05, 0.1) is 6.61 Å². The van der Waals surface area contributed by atoms with E-state index in [1.807, 2.05) is 11.8 Å². The average molecular weight is 604 g/mol. The van der Waals surface area contributed by atoms with Crippen LogP contribution in [-0.2, 0) is 9.53 Å². The normalized spacial score (nSPS) is 19.1. The first-order valence-corrected chi connectivity index (χ1v) is 14.3. The number of rotatable bonds is 8. The molecule has 0 unspecified atom stereocenters. The molecule has 2 saturated heterocycles. The third-order valence-electron chi connectivity index (χ3n) is 7.87. The van der Waals surface area contributed by atoms with Gasteiger partial charge in [-0.1, -0.05) is 54.9 Å². The second kappa shape index (κ2) is 12.3. The van der Waals surface area contributed by atoms with Gasteiger partial charge in [-0.25, -0.2) is 0 Å². The molecule has 2 aromatic carbocycles. The molecule has 0 saturated carbocycles. The summed E-state index contributed by atoms with van der Waals surface area (Å²) in [6, 6.07) is 14.0. The van der Waals surface area contributed by atoms with Crippen molar-refractivity contribution in [3.05, 3.63) is 65.2 Å². The number of hydrogen-bond donors (Lipinski definition) is 2. The van der Waals surface area contributed by atoms with E-state index in [1.54, 1.807) is 30.3 Å². The molecular formula is C30H33ClF3N5O3. The Labute approximate surface area is 247 Å². The van der Waals surface area contributed by atoms with Crippen LogP contribution in [0.5, 0.6) is 5.88 Å². The van der Waals surface area contributed by atoms with E-state index < -0.39 is 12.3 Å². The Balaban J connectivity index is 1.34. The Morgan fingerprint density at radius 3 is 2.60 bits per heavy atom. The molecule has 5 rings (SSSR count). The standard InChI is InChI=1S/C30H33ClF3N5O3/c1-2-14-41-27(40)23-17-29(18-36-23)10-12-39(13-11-29)24-16-25(38-28(35)37-24)42-26(30(32,33)34)21-9-8-20(31)15-22(21)19-6-4-3-5-7-19/h3-9,15-16,23,26,36H,2,10-14,17-18H2,1H3,(H2,35,37,38)/t23-,26+/m0/s1. The molecule has 2 fully saturated rings. The molecule has 2 atom stereocenters. The van der Waals surface area contributed by atoms with Crippen molar-refractivity contribution in [2.75, 3.05) is 36.9 Å². The molecule has 3 aromatic rings. The number of hydrogen-bond acceptors (Lipinski definition) is 8. The molecule has 0 bridgehead atoms. The van der Waals surface area contributed by atoms with Crippen LogP contribution in [0.15, 0.2) is 54.6 Å². The van der Waals surface area contributed by atoms with Gasteiger partial charge in [-0.2, -0.15) is 23.1 Å². The van der Waals surface area contributed by atoms with Crippen molar-refractivity contribution in [2.45, 2.75) is 50.9 Å². The molecule has 8 nitrogen and oxygen atoms in total. The number of carbonyl (C=O) groups is 1. The van der Waals surface area contributed by atoms with Crippen LogP contribution in [0.4, 0.5) is 24.9 Å². The number of anilines is 2. The number of ether oxygens (including phenoxy) is 2. The summed E-state index contributed by atoms with van der Waals surface area (Å²) in [5, 5.41) is 3.60. The lowest BCUT2D eigenvalue weighted by Crippen LogP contribution is -2.41. The van der Waals surface area contributed by atoms with Crippen LogP contribution >= 0.6 is 11.6 Å². The number of benzene rings is 2. The zero-order valence-corrected chi connectivity index (χ0v) is 23.9. The molecule has 3 N–H and O–H groups in total. The molecule has 0 amide bonds. The van der Waals surface area contributed by atoms with Crippen molar-refractivity contribution in [3.63, 3.8) is 0 Å². The monoisotopic (exact) mass is 603 g/mol. The van der Waals surface area contributed by atoms with Crippen molar-refractivity contribution in [1.29, 1.82) is 0 Å². The number of alkyl halides is 3. The number of nitrogens with two attached hydrogens (primary N) is 1. The second-order valence-corrected chi connectivity index (χ2v) is 11.3. The number of esters is 1. The number of aromatic nitrogens is 2. The van der Waals surface area contributed by atoms with Crippen LogP contribution in [0.25, 0.3) is 11.1 Å². The maximum Gasteiger partial charge on any atom is 0.429 e. The highest BCUT2D eigenvalue weighted by atomic mass is 35.5. The van der Waals surface area contributed by atoms with E-state index in [2.05, 4.69) is 15.3 Å². The summed E-state index contributed by atoms with van der Waals surface area (Å²) < 4.78 is 54.3. The fraction of sp³-hybridized carbons (Fsp3) is 0.433. The molecule has 1 spiro atoms. The first kappa shape index (κ1) is 29.9. The summed E-state index contributed by atoms with van der Waals surface area (Å²) in [4.78, 5) is 22.6. The summed E-state index contributed by atoms with van der Waals surface area (Å²) in [5.41, 5.74) is 6.66. The van der Waals surface area contributed by atoms with Gasteiger partial charge in [0.15, 0.2) is 0 Å². The van der Waals surface area contributed by atoms with Gasteiger partial charge in [0.2, 0.25) is 17.9 Å². The molecule has 12 heteroatoms. The van der Waals surface area contributed by atoms with E-state index in [0.29, 0.717) is 54.6 Å². The van der Waals surface area contributed by atoms with Crippen molar-refractivity contribution >= 4 is 29.3 Å². The van der Waals surface area contributed by atoms with Gasteiger partial charge in [0, 0.05) is 36.3 Å². The van der Waals surface area contributed by atoms with Crippen molar-refractivity contribution < 1.29 is 27.4 Å².